The van der Waals surface area contributed by atoms with Crippen LogP contribution in [0, 0.1) is 5.41 Å². The van der Waals surface area contributed by atoms with Crippen LogP contribution in [0.5, 0.6) is 28.7 Å². The number of carbonyl (C=O) groups is 5. The molecule has 0 amide bonds. The molecule has 0 aliphatic heterocycles. The summed E-state index contributed by atoms with van der Waals surface area (Å²) in [5.74, 6) is -1.55. The molecule has 684 valence electrons. The summed E-state index contributed by atoms with van der Waals surface area (Å²) < 4.78 is 31.9. The van der Waals surface area contributed by atoms with Gasteiger partial charge in [-0.1, -0.05) is 378 Å². The number of aryl methyl sites for hydroxylation is 4. The van der Waals surface area contributed by atoms with E-state index in [0.29, 0.717) is 11.5 Å². The quantitative estimate of drug-likeness (QED) is 0.0124. The van der Waals surface area contributed by atoms with Crippen molar-refractivity contribution in [2.45, 2.75) is 442 Å². The molecule has 0 bridgehead atoms. The lowest BCUT2D eigenvalue weighted by Gasteiger charge is -2.32. The van der Waals surface area contributed by atoms with Gasteiger partial charge in [0.25, 0.3) is 0 Å². The van der Waals surface area contributed by atoms with Crippen molar-refractivity contribution < 1.29 is 68.1 Å². The first kappa shape index (κ1) is 105. The summed E-state index contributed by atoms with van der Waals surface area (Å²) in [6, 6.07) is 19.9. The zero-order valence-electron chi connectivity index (χ0n) is 82.4. The molecule has 0 aromatic heterocycles. The minimum absolute atomic E-state index is 0.0885. The maximum atomic E-state index is 15.2. The number of ether oxygens (including phenoxy) is 5. The van der Waals surface area contributed by atoms with Crippen molar-refractivity contribution in [2.24, 2.45) is 5.41 Å². The Morgan fingerprint density at radius 3 is 0.680 bits per heavy atom. The number of esters is 5. The van der Waals surface area contributed by atoms with Crippen molar-refractivity contribution in [3.05, 3.63) is 144 Å². The predicted octanol–water partition coefficient (Wildman–Crippen LogP) is 27.2. The minimum atomic E-state index is -1.65. The number of hydrogen-bond donors (Lipinski definition) is 4. The van der Waals surface area contributed by atoms with E-state index in [1.54, 1.807) is 0 Å². The van der Waals surface area contributed by atoms with Gasteiger partial charge in [-0.15, -0.1) is 0 Å². The van der Waals surface area contributed by atoms with E-state index >= 15 is 4.79 Å². The largest absolute Gasteiger partial charge is 0.507 e. The van der Waals surface area contributed by atoms with Crippen LogP contribution in [-0.4, -0.2) is 76.7 Å². The third-order valence-electron chi connectivity index (χ3n) is 24.0. The molecule has 5 aromatic rings. The molecule has 5 rings (SSSR count). The fraction of sp³-hybridized carbons (Fsp3) is 0.676. The zero-order chi connectivity index (χ0) is 92.3. The lowest BCUT2D eigenvalue weighted by Crippen LogP contribution is -2.44. The van der Waals surface area contributed by atoms with E-state index < -0.39 is 99.0 Å². The van der Waals surface area contributed by atoms with Crippen LogP contribution in [0.2, 0.25) is 0 Å². The number of hydrogen-bond acceptors (Lipinski definition) is 14. The van der Waals surface area contributed by atoms with Crippen LogP contribution in [0.3, 0.4) is 0 Å². The van der Waals surface area contributed by atoms with Crippen LogP contribution in [0.4, 0.5) is 0 Å². The first-order chi connectivity index (χ1) is 56.0. The van der Waals surface area contributed by atoms with E-state index in [0.717, 1.165) is 109 Å². The third kappa shape index (κ3) is 32.9. The minimum Gasteiger partial charge on any atom is -0.507 e. The second kappa shape index (κ2) is 43.7. The van der Waals surface area contributed by atoms with Gasteiger partial charge in [0.2, 0.25) is 0 Å². The van der Waals surface area contributed by atoms with Crippen LogP contribution in [0.25, 0.3) is 0 Å². The van der Waals surface area contributed by atoms with E-state index in [4.69, 9.17) is 23.7 Å². The molecule has 1 atom stereocenters. The SMILES string of the molecule is CCCCCCCCCCCCCCCCCCC(CC(=O)Oc1c(C(C)(C)C)cc(CCC(=O)OCC(COC(=O)CCc2cc(C(C)(C)C)c(O)c(C(C)(C)C)c2)(COC(=O)CCc2cc(C(C)(C)C)c(O)c(C(C)(C)C)c2)COC(=O)CCc2cc(C(C)(C)C)c(O)c(C(C)(C)C)c2)cc1C(C)(C)C)c1cc(C(C)(C)C)c(O)c(C(C)(C)C)c1. The molecule has 1 unspecified atom stereocenters. The standard InChI is InChI=1S/C108H168O14/c1-32-33-34-35-36-37-38-39-40-41-42-43-44-45-46-47-48-76(77-65-84(104(20,21)22)96(117)85(66-77)105(23,24)25)67-92(113)122-97-86(106(26,27)28)63-75(64-87(97)107(29,30)31)52-56-91(112)121-71-108(68-118-88(109)53-49-72-57-78(98(2,3)4)93(114)79(58-72)99(5,6)7,69-119-89(110)54-50-73-59-80(100(8,9)10)94(115)81(60-73)101(11,12)13)70-120-90(111)55-51-74-61-82(102(14,15)16)95(116)83(62-74)103(17,18)19/h57-66,76,114-117H,32-56,67-71H2,1-31H3. The highest BCUT2D eigenvalue weighted by molar-refractivity contribution is 5.76. The number of aromatic hydroxyl groups is 4. The van der Waals surface area contributed by atoms with Gasteiger partial charge in [0.05, 0.1) is 6.42 Å². The molecule has 14 nitrogen and oxygen atoms in total. The topological polar surface area (TPSA) is 212 Å². The van der Waals surface area contributed by atoms with Gasteiger partial charge >= 0.3 is 29.8 Å². The summed E-state index contributed by atoms with van der Waals surface area (Å²) in [5.41, 5.74) is 6.02. The van der Waals surface area contributed by atoms with Gasteiger partial charge in [-0.25, -0.2) is 0 Å². The van der Waals surface area contributed by atoms with Crippen LogP contribution < -0.4 is 4.74 Å². The Morgan fingerprint density at radius 2 is 0.467 bits per heavy atom. The molecule has 0 aliphatic rings. The summed E-state index contributed by atoms with van der Waals surface area (Å²) >= 11 is 0. The van der Waals surface area contributed by atoms with E-state index in [1.165, 1.54) is 83.5 Å². The highest BCUT2D eigenvalue weighted by Crippen LogP contribution is 2.48. The summed E-state index contributed by atoms with van der Waals surface area (Å²) in [6.45, 7) is 62.1. The monoisotopic (exact) mass is 1690 g/mol. The number of rotatable bonds is 41. The lowest BCUT2D eigenvalue weighted by atomic mass is 9.76. The van der Waals surface area contributed by atoms with Crippen molar-refractivity contribution in [3.63, 3.8) is 0 Å². The number of phenols is 4. The molecule has 5 aromatic carbocycles. The first-order valence-corrected chi connectivity index (χ1v) is 46.5. The number of carbonyl (C=O) groups excluding carboxylic acids is 5. The molecule has 0 saturated heterocycles. The van der Waals surface area contributed by atoms with Gasteiger partial charge in [-0.3, -0.25) is 24.0 Å². The van der Waals surface area contributed by atoms with Gasteiger partial charge in [0.15, 0.2) is 0 Å². The highest BCUT2D eigenvalue weighted by atomic mass is 16.6. The van der Waals surface area contributed by atoms with Crippen molar-refractivity contribution in [3.8, 4) is 28.7 Å². The lowest BCUT2D eigenvalue weighted by molar-refractivity contribution is -0.170. The molecular weight excluding hydrogens is 1520 g/mol. The summed E-state index contributed by atoms with van der Waals surface area (Å²) in [6.07, 6.45) is 21.7. The molecule has 0 spiro atoms. The van der Waals surface area contributed by atoms with Gasteiger partial charge in [0, 0.05) is 36.8 Å². The second-order valence-electron chi connectivity index (χ2n) is 46.2. The summed E-state index contributed by atoms with van der Waals surface area (Å²) in [5, 5.41) is 46.8. The Labute approximate surface area is 740 Å². The van der Waals surface area contributed by atoms with Gasteiger partial charge < -0.3 is 44.1 Å². The summed E-state index contributed by atoms with van der Waals surface area (Å²) in [4.78, 5) is 73.4. The van der Waals surface area contributed by atoms with Gasteiger partial charge in [-0.05, 0) is 164 Å². The first-order valence-electron chi connectivity index (χ1n) is 46.5. The molecule has 0 saturated carbocycles. The van der Waals surface area contributed by atoms with E-state index in [1.807, 2.05) is 173 Å². The van der Waals surface area contributed by atoms with E-state index in [2.05, 4.69) is 102 Å². The van der Waals surface area contributed by atoms with Crippen molar-refractivity contribution >= 4 is 29.8 Å². The fourth-order valence-corrected chi connectivity index (χ4v) is 16.2. The molecule has 0 radical (unpaired) electrons. The molecular formula is C108H168O14. The second-order valence-corrected chi connectivity index (χ2v) is 46.2. The number of benzene rings is 5. The highest BCUT2D eigenvalue weighted by Gasteiger charge is 2.40. The Kier molecular flexibility index (Phi) is 37.7. The smallest absolute Gasteiger partial charge is 0.311 e. The average Bonchev–Trinajstić information content (AvgIpc) is 0.776. The van der Waals surface area contributed by atoms with Gasteiger partial charge in [-0.2, -0.15) is 0 Å². The Balaban J connectivity index is 1.53. The fourth-order valence-electron chi connectivity index (χ4n) is 16.2. The Bertz CT molecular complexity index is 3840. The Hall–Kier alpha value is -7.35. The third-order valence-corrected chi connectivity index (χ3v) is 24.0. The average molecular weight is 1690 g/mol. The van der Waals surface area contributed by atoms with E-state index in [9.17, 15) is 39.6 Å². The van der Waals surface area contributed by atoms with Crippen molar-refractivity contribution in [2.75, 3.05) is 26.4 Å². The van der Waals surface area contributed by atoms with Gasteiger partial charge in [0.1, 0.15) is 60.6 Å². The summed E-state index contributed by atoms with van der Waals surface area (Å²) in [7, 11) is 0. The molecule has 4 N–H and O–H groups in total. The van der Waals surface area contributed by atoms with E-state index in [-0.39, 0.29) is 97.8 Å². The maximum Gasteiger partial charge on any atom is 0.311 e. The molecule has 122 heavy (non-hydrogen) atoms. The maximum absolute atomic E-state index is 15.2. The van der Waals surface area contributed by atoms with Crippen LogP contribution in [0.1, 0.15) is 445 Å². The Morgan fingerprint density at radius 1 is 0.270 bits per heavy atom. The number of unbranched alkanes of at least 4 members (excludes halogenated alkanes) is 15. The van der Waals surface area contributed by atoms with Crippen LogP contribution in [-0.2, 0) is 123 Å². The van der Waals surface area contributed by atoms with Crippen molar-refractivity contribution in [1.82, 2.24) is 0 Å². The molecule has 14 heteroatoms. The van der Waals surface area contributed by atoms with Crippen molar-refractivity contribution in [1.29, 1.82) is 0 Å². The normalized spacial score (nSPS) is 13.3. The van der Waals surface area contributed by atoms with Crippen LogP contribution >= 0.6 is 0 Å². The molecule has 0 fully saturated rings. The number of phenolic OH excluding ortho intramolecular Hbond substituents is 4. The predicted molar refractivity (Wildman–Crippen MR) is 503 cm³/mol. The molecule has 0 heterocycles. The van der Waals surface area contributed by atoms with Crippen LogP contribution in [0.15, 0.2) is 60.7 Å². The zero-order valence-corrected chi connectivity index (χ0v) is 82.4. The molecule has 0 aliphatic carbocycles.